The van der Waals surface area contributed by atoms with E-state index < -0.39 is 5.97 Å². The predicted octanol–water partition coefficient (Wildman–Crippen LogP) is 4.18. The summed E-state index contributed by atoms with van der Waals surface area (Å²) in [7, 11) is 1.31. The molecular formula is C17H16BrNO3. The van der Waals surface area contributed by atoms with E-state index in [0.29, 0.717) is 16.8 Å². The Kier molecular flexibility index (Phi) is 5.33. The minimum absolute atomic E-state index is 0.227. The van der Waals surface area contributed by atoms with Crippen LogP contribution in [0.25, 0.3) is 0 Å². The smallest absolute Gasteiger partial charge is 0.339 e. The topological polar surface area (TPSA) is 55.4 Å². The summed E-state index contributed by atoms with van der Waals surface area (Å²) in [4.78, 5) is 24.2. The molecule has 2 rings (SSSR count). The maximum Gasteiger partial charge on any atom is 0.339 e. The van der Waals surface area contributed by atoms with Crippen molar-refractivity contribution in [2.24, 2.45) is 0 Å². The Morgan fingerprint density at radius 2 is 1.73 bits per heavy atom. The first-order chi connectivity index (χ1) is 10.5. The third-order valence-corrected chi connectivity index (χ3v) is 3.74. The van der Waals surface area contributed by atoms with Crippen LogP contribution >= 0.6 is 15.9 Å². The minimum Gasteiger partial charge on any atom is -0.465 e. The molecule has 0 aliphatic rings. The second-order valence-electron chi connectivity index (χ2n) is 4.73. The van der Waals surface area contributed by atoms with Gasteiger partial charge in [0.05, 0.1) is 18.4 Å². The lowest BCUT2D eigenvalue weighted by Gasteiger charge is -2.10. The molecule has 1 unspecified atom stereocenters. The maximum absolute atomic E-state index is 12.3. The lowest BCUT2D eigenvalue weighted by molar-refractivity contribution is 0.0602. The first-order valence-corrected chi connectivity index (χ1v) is 7.67. The van der Waals surface area contributed by atoms with Crippen LogP contribution in [0.3, 0.4) is 0 Å². The molecule has 0 aromatic heterocycles. The van der Waals surface area contributed by atoms with E-state index in [-0.39, 0.29) is 10.7 Å². The van der Waals surface area contributed by atoms with Crippen LogP contribution in [0.1, 0.15) is 38.0 Å². The van der Waals surface area contributed by atoms with Gasteiger partial charge in [0.2, 0.25) is 0 Å². The fourth-order valence-electron chi connectivity index (χ4n) is 1.97. The monoisotopic (exact) mass is 361 g/mol. The lowest BCUT2D eigenvalue weighted by atomic mass is 10.1. The molecular weight excluding hydrogens is 346 g/mol. The van der Waals surface area contributed by atoms with Gasteiger partial charge in [-0.25, -0.2) is 4.79 Å². The summed E-state index contributed by atoms with van der Waals surface area (Å²) in [5, 5.41) is 2.74. The van der Waals surface area contributed by atoms with E-state index in [1.165, 1.54) is 7.11 Å². The van der Waals surface area contributed by atoms with E-state index >= 15 is 0 Å². The highest BCUT2D eigenvalue weighted by atomic mass is 79.9. The summed E-state index contributed by atoms with van der Waals surface area (Å²) in [5.74, 6) is -0.760. The molecule has 4 nitrogen and oxygen atoms in total. The standard InChI is InChI=1S/C17H16BrNO3/c1-11(18)12-7-9-13(10-8-12)16(20)19-15-6-4-3-5-14(15)17(21)22-2/h3-11H,1-2H3,(H,19,20). The molecule has 0 fully saturated rings. The number of hydrogen-bond acceptors (Lipinski definition) is 3. The molecule has 22 heavy (non-hydrogen) atoms. The normalized spacial score (nSPS) is 11.6. The van der Waals surface area contributed by atoms with Crippen LogP contribution in [0.5, 0.6) is 0 Å². The molecule has 0 saturated heterocycles. The van der Waals surface area contributed by atoms with Crippen molar-refractivity contribution in [1.82, 2.24) is 0 Å². The van der Waals surface area contributed by atoms with Crippen LogP contribution in [0.2, 0.25) is 0 Å². The van der Waals surface area contributed by atoms with Gasteiger partial charge >= 0.3 is 5.97 Å². The van der Waals surface area contributed by atoms with E-state index in [4.69, 9.17) is 4.74 Å². The van der Waals surface area contributed by atoms with Crippen LogP contribution in [-0.4, -0.2) is 19.0 Å². The molecule has 0 aliphatic heterocycles. The molecule has 0 aliphatic carbocycles. The number of ether oxygens (including phenoxy) is 1. The average molecular weight is 362 g/mol. The van der Waals surface area contributed by atoms with Crippen molar-refractivity contribution >= 4 is 33.5 Å². The number of esters is 1. The van der Waals surface area contributed by atoms with E-state index in [0.717, 1.165) is 5.56 Å². The molecule has 114 valence electrons. The number of alkyl halides is 1. The van der Waals surface area contributed by atoms with Gasteiger partial charge in [-0.1, -0.05) is 40.2 Å². The summed E-state index contributed by atoms with van der Waals surface area (Å²) in [6, 6.07) is 14.0. The molecule has 0 radical (unpaired) electrons. The zero-order valence-corrected chi connectivity index (χ0v) is 13.9. The van der Waals surface area contributed by atoms with Gasteiger partial charge in [0.1, 0.15) is 0 Å². The second kappa shape index (κ2) is 7.22. The van der Waals surface area contributed by atoms with Gasteiger partial charge in [0, 0.05) is 10.4 Å². The zero-order chi connectivity index (χ0) is 16.1. The summed E-state index contributed by atoms with van der Waals surface area (Å²) >= 11 is 3.48. The third kappa shape index (κ3) is 3.74. The number of nitrogens with one attached hydrogen (secondary N) is 1. The van der Waals surface area contributed by atoms with Crippen LogP contribution in [0.4, 0.5) is 5.69 Å². The van der Waals surface area contributed by atoms with Crippen molar-refractivity contribution in [2.45, 2.75) is 11.8 Å². The molecule has 1 atom stereocenters. The summed E-state index contributed by atoms with van der Waals surface area (Å²) in [5.41, 5.74) is 2.37. The fraction of sp³-hybridized carbons (Fsp3) is 0.176. The van der Waals surface area contributed by atoms with Gasteiger partial charge in [0.25, 0.3) is 5.91 Å². The van der Waals surface area contributed by atoms with Gasteiger partial charge in [-0.3, -0.25) is 4.79 Å². The van der Waals surface area contributed by atoms with Crippen LogP contribution < -0.4 is 5.32 Å². The summed E-state index contributed by atoms with van der Waals surface area (Å²) < 4.78 is 4.71. The zero-order valence-electron chi connectivity index (χ0n) is 12.3. The van der Waals surface area contributed by atoms with E-state index in [9.17, 15) is 9.59 Å². The first-order valence-electron chi connectivity index (χ1n) is 6.75. The average Bonchev–Trinajstić information content (AvgIpc) is 2.54. The summed E-state index contributed by atoms with van der Waals surface area (Å²) in [6.45, 7) is 2.02. The minimum atomic E-state index is -0.487. The number of para-hydroxylation sites is 1. The first kappa shape index (κ1) is 16.2. The highest BCUT2D eigenvalue weighted by Crippen LogP contribution is 2.22. The molecule has 0 saturated carbocycles. The highest BCUT2D eigenvalue weighted by molar-refractivity contribution is 9.09. The molecule has 5 heteroatoms. The predicted molar refractivity (Wildman–Crippen MR) is 89.5 cm³/mol. The summed E-state index contributed by atoms with van der Waals surface area (Å²) in [6.07, 6.45) is 0. The van der Waals surface area contributed by atoms with Gasteiger partial charge < -0.3 is 10.1 Å². The van der Waals surface area contributed by atoms with Crippen LogP contribution in [-0.2, 0) is 4.74 Å². The van der Waals surface area contributed by atoms with Gasteiger partial charge in [-0.15, -0.1) is 0 Å². The number of carbonyl (C=O) groups is 2. The Balaban J connectivity index is 2.20. The number of methoxy groups -OCH3 is 1. The molecule has 1 N–H and O–H groups in total. The molecule has 2 aromatic rings. The maximum atomic E-state index is 12.3. The number of hydrogen-bond donors (Lipinski definition) is 1. The third-order valence-electron chi connectivity index (χ3n) is 3.21. The van der Waals surface area contributed by atoms with Crippen LogP contribution in [0, 0.1) is 0 Å². The van der Waals surface area contributed by atoms with Crippen molar-refractivity contribution in [1.29, 1.82) is 0 Å². The van der Waals surface area contributed by atoms with Gasteiger partial charge in [0.15, 0.2) is 0 Å². The Morgan fingerprint density at radius 1 is 1.09 bits per heavy atom. The Labute approximate surface area is 137 Å². The number of halogens is 1. The number of amides is 1. The Morgan fingerprint density at radius 3 is 2.32 bits per heavy atom. The van der Waals surface area contributed by atoms with Crippen molar-refractivity contribution in [3.63, 3.8) is 0 Å². The van der Waals surface area contributed by atoms with Gasteiger partial charge in [-0.2, -0.15) is 0 Å². The van der Waals surface area contributed by atoms with Crippen molar-refractivity contribution in [3.05, 3.63) is 65.2 Å². The van der Waals surface area contributed by atoms with Crippen LogP contribution in [0.15, 0.2) is 48.5 Å². The Hall–Kier alpha value is -2.14. The molecule has 1 amide bonds. The van der Waals surface area contributed by atoms with E-state index in [1.54, 1.807) is 36.4 Å². The fourth-order valence-corrected chi connectivity index (χ4v) is 2.28. The molecule has 0 heterocycles. The van der Waals surface area contributed by atoms with E-state index in [2.05, 4.69) is 21.2 Å². The SMILES string of the molecule is COC(=O)c1ccccc1NC(=O)c1ccc(C(C)Br)cc1. The van der Waals surface area contributed by atoms with Gasteiger partial charge in [-0.05, 0) is 36.8 Å². The number of benzene rings is 2. The number of carbonyl (C=O) groups excluding carboxylic acids is 2. The largest absolute Gasteiger partial charge is 0.465 e. The molecule has 2 aromatic carbocycles. The van der Waals surface area contributed by atoms with Crippen molar-refractivity contribution < 1.29 is 14.3 Å². The lowest BCUT2D eigenvalue weighted by Crippen LogP contribution is -2.15. The highest BCUT2D eigenvalue weighted by Gasteiger charge is 2.14. The van der Waals surface area contributed by atoms with E-state index in [1.807, 2.05) is 19.1 Å². The molecule has 0 spiro atoms. The second-order valence-corrected chi connectivity index (χ2v) is 6.10. The molecule has 0 bridgehead atoms. The quantitative estimate of drug-likeness (QED) is 0.656. The van der Waals surface area contributed by atoms with Crippen molar-refractivity contribution in [2.75, 3.05) is 12.4 Å². The number of rotatable bonds is 4. The van der Waals surface area contributed by atoms with Crippen molar-refractivity contribution in [3.8, 4) is 0 Å². The number of anilines is 1. The Bertz CT molecular complexity index is 681.